The summed E-state index contributed by atoms with van der Waals surface area (Å²) in [5, 5.41) is 6.92. The number of amides is 1. The van der Waals surface area contributed by atoms with Gasteiger partial charge in [0.2, 0.25) is 0 Å². The van der Waals surface area contributed by atoms with E-state index in [1.54, 1.807) is 12.4 Å². The third-order valence-electron chi connectivity index (χ3n) is 7.71. The standard InChI is InChI=1S/C27H27N3O/c31-27(29-16-17-10-12-28-13-11-17)21-8-9-23-22(15-21)24-19-6-7-20(14-19)25(24)26(30-23)18-4-2-1-3-5-18/h1-5,8-13,15,19-20,24-26,30H,6-7,14,16H2,(H,29,31)/t19-,20+,24+,25-,26+/m0/s1. The van der Waals surface area contributed by atoms with Gasteiger partial charge < -0.3 is 10.6 Å². The maximum atomic E-state index is 12.9. The smallest absolute Gasteiger partial charge is 0.251 e. The average Bonchev–Trinajstić information content (AvgIpc) is 3.46. The van der Waals surface area contributed by atoms with Gasteiger partial charge in [-0.3, -0.25) is 9.78 Å². The van der Waals surface area contributed by atoms with Crippen LogP contribution < -0.4 is 10.6 Å². The van der Waals surface area contributed by atoms with E-state index in [0.29, 0.717) is 24.4 Å². The normalized spacial score (nSPS) is 27.8. The summed E-state index contributed by atoms with van der Waals surface area (Å²) in [7, 11) is 0. The van der Waals surface area contributed by atoms with Gasteiger partial charge in [-0.05, 0) is 90.0 Å². The maximum absolute atomic E-state index is 12.9. The molecule has 0 radical (unpaired) electrons. The number of rotatable bonds is 4. The molecule has 2 bridgehead atoms. The Morgan fingerprint density at radius 2 is 1.81 bits per heavy atom. The molecule has 156 valence electrons. The van der Waals surface area contributed by atoms with E-state index in [-0.39, 0.29) is 5.91 Å². The Bertz CT molecular complexity index is 1100. The zero-order valence-electron chi connectivity index (χ0n) is 17.5. The number of benzene rings is 2. The van der Waals surface area contributed by atoms with E-state index in [9.17, 15) is 4.79 Å². The number of nitrogens with zero attached hydrogens (tertiary/aromatic N) is 1. The first-order valence-electron chi connectivity index (χ1n) is 11.4. The monoisotopic (exact) mass is 409 g/mol. The Morgan fingerprint density at radius 3 is 2.65 bits per heavy atom. The van der Waals surface area contributed by atoms with Gasteiger partial charge in [-0.15, -0.1) is 0 Å². The van der Waals surface area contributed by atoms with Crippen LogP contribution in [0.2, 0.25) is 0 Å². The zero-order valence-corrected chi connectivity index (χ0v) is 17.5. The predicted molar refractivity (Wildman–Crippen MR) is 122 cm³/mol. The minimum absolute atomic E-state index is 0.00972. The molecule has 6 rings (SSSR count). The van der Waals surface area contributed by atoms with Crippen LogP contribution in [0.1, 0.15) is 58.3 Å². The number of nitrogens with one attached hydrogen (secondary N) is 2. The van der Waals surface area contributed by atoms with Crippen LogP contribution in [-0.2, 0) is 6.54 Å². The summed E-state index contributed by atoms with van der Waals surface area (Å²) in [6.07, 6.45) is 7.51. The molecule has 2 heterocycles. The van der Waals surface area contributed by atoms with E-state index < -0.39 is 0 Å². The van der Waals surface area contributed by atoms with Crippen LogP contribution in [0.15, 0.2) is 73.1 Å². The molecule has 2 N–H and O–H groups in total. The largest absolute Gasteiger partial charge is 0.378 e. The van der Waals surface area contributed by atoms with E-state index in [1.165, 1.54) is 36.1 Å². The van der Waals surface area contributed by atoms with Gasteiger partial charge in [0, 0.05) is 30.2 Å². The highest BCUT2D eigenvalue weighted by Crippen LogP contribution is 2.63. The van der Waals surface area contributed by atoms with Gasteiger partial charge in [0.15, 0.2) is 0 Å². The minimum atomic E-state index is -0.00972. The third-order valence-corrected chi connectivity index (χ3v) is 7.71. The van der Waals surface area contributed by atoms with Crippen LogP contribution in [0, 0.1) is 17.8 Å². The quantitative estimate of drug-likeness (QED) is 0.614. The van der Waals surface area contributed by atoms with E-state index in [0.717, 1.165) is 23.0 Å². The van der Waals surface area contributed by atoms with Gasteiger partial charge in [0.1, 0.15) is 0 Å². The average molecular weight is 410 g/mol. The highest BCUT2D eigenvalue weighted by molar-refractivity contribution is 5.95. The molecule has 3 aromatic rings. The Kier molecular flexibility index (Phi) is 4.52. The molecule has 1 aliphatic heterocycles. The molecule has 0 saturated heterocycles. The molecule has 3 aliphatic rings. The topological polar surface area (TPSA) is 54.0 Å². The van der Waals surface area contributed by atoms with E-state index >= 15 is 0 Å². The maximum Gasteiger partial charge on any atom is 0.251 e. The summed E-state index contributed by atoms with van der Waals surface area (Å²) < 4.78 is 0. The van der Waals surface area contributed by atoms with Crippen molar-refractivity contribution in [2.45, 2.75) is 37.8 Å². The number of hydrogen-bond acceptors (Lipinski definition) is 3. The highest BCUT2D eigenvalue weighted by Gasteiger charge is 2.53. The molecule has 1 aromatic heterocycles. The highest BCUT2D eigenvalue weighted by atomic mass is 16.1. The van der Waals surface area contributed by atoms with Gasteiger partial charge in [-0.25, -0.2) is 0 Å². The molecule has 31 heavy (non-hydrogen) atoms. The molecule has 0 spiro atoms. The molecule has 2 fully saturated rings. The van der Waals surface area contributed by atoms with Gasteiger partial charge in [-0.1, -0.05) is 30.3 Å². The summed E-state index contributed by atoms with van der Waals surface area (Å²) in [5.74, 6) is 2.68. The van der Waals surface area contributed by atoms with Crippen molar-refractivity contribution in [1.29, 1.82) is 0 Å². The Labute approximate surface area is 183 Å². The van der Waals surface area contributed by atoms with E-state index in [2.05, 4.69) is 58.1 Å². The van der Waals surface area contributed by atoms with E-state index in [1.807, 2.05) is 18.2 Å². The minimum Gasteiger partial charge on any atom is -0.378 e. The van der Waals surface area contributed by atoms with Crippen molar-refractivity contribution in [3.63, 3.8) is 0 Å². The van der Waals surface area contributed by atoms with Crippen LogP contribution in [0.25, 0.3) is 0 Å². The second kappa shape index (κ2) is 7.52. The lowest BCUT2D eigenvalue weighted by Crippen LogP contribution is -2.35. The number of pyridine rings is 1. The molecule has 2 aliphatic carbocycles. The second-order valence-electron chi connectivity index (χ2n) is 9.31. The number of carbonyl (C=O) groups is 1. The fourth-order valence-electron chi connectivity index (χ4n) is 6.40. The molecule has 2 aromatic carbocycles. The first-order valence-corrected chi connectivity index (χ1v) is 11.4. The fourth-order valence-corrected chi connectivity index (χ4v) is 6.40. The Hall–Kier alpha value is -3.14. The number of hydrogen-bond donors (Lipinski definition) is 2. The summed E-state index contributed by atoms with van der Waals surface area (Å²) in [6.45, 7) is 0.517. The summed E-state index contributed by atoms with van der Waals surface area (Å²) >= 11 is 0. The van der Waals surface area contributed by atoms with Crippen LogP contribution in [0.3, 0.4) is 0 Å². The summed E-state index contributed by atoms with van der Waals surface area (Å²) in [5.41, 5.74) is 5.75. The molecule has 4 nitrogen and oxygen atoms in total. The van der Waals surface area contributed by atoms with Crippen LogP contribution in [0.5, 0.6) is 0 Å². The summed E-state index contributed by atoms with van der Waals surface area (Å²) in [6, 6.07) is 21.4. The van der Waals surface area contributed by atoms with Crippen molar-refractivity contribution in [1.82, 2.24) is 10.3 Å². The lowest BCUT2D eigenvalue weighted by Gasteiger charge is -2.43. The number of fused-ring (bicyclic) bond motifs is 7. The number of carbonyl (C=O) groups excluding carboxylic acids is 1. The van der Waals surface area contributed by atoms with Crippen LogP contribution in [-0.4, -0.2) is 10.9 Å². The van der Waals surface area contributed by atoms with Crippen molar-refractivity contribution in [3.8, 4) is 0 Å². The van der Waals surface area contributed by atoms with Crippen LogP contribution >= 0.6 is 0 Å². The SMILES string of the molecule is O=C(NCc1ccncc1)c1ccc2c(c1)[C@H]1[C@H]3CC[C@H](C3)[C@@H]1[C@@H](c1ccccc1)N2. The number of anilines is 1. The predicted octanol–water partition coefficient (Wildman–Crippen LogP) is 5.31. The van der Waals surface area contributed by atoms with Crippen molar-refractivity contribution < 1.29 is 4.79 Å². The van der Waals surface area contributed by atoms with Gasteiger partial charge in [0.25, 0.3) is 5.91 Å². The second-order valence-corrected chi connectivity index (χ2v) is 9.31. The van der Waals surface area contributed by atoms with Gasteiger partial charge in [0.05, 0.1) is 6.04 Å². The van der Waals surface area contributed by atoms with E-state index in [4.69, 9.17) is 0 Å². The van der Waals surface area contributed by atoms with Crippen molar-refractivity contribution in [2.75, 3.05) is 5.32 Å². The summed E-state index contributed by atoms with van der Waals surface area (Å²) in [4.78, 5) is 16.9. The Morgan fingerprint density at radius 1 is 1.00 bits per heavy atom. The zero-order chi connectivity index (χ0) is 20.8. The lowest BCUT2D eigenvalue weighted by atomic mass is 9.68. The third kappa shape index (κ3) is 3.21. The molecule has 0 unspecified atom stereocenters. The van der Waals surface area contributed by atoms with Crippen molar-refractivity contribution >= 4 is 11.6 Å². The first kappa shape index (κ1) is 18.6. The van der Waals surface area contributed by atoms with Crippen molar-refractivity contribution in [2.24, 2.45) is 17.8 Å². The fraction of sp³-hybridized carbons (Fsp3) is 0.333. The lowest BCUT2D eigenvalue weighted by molar-refractivity contribution is 0.0950. The van der Waals surface area contributed by atoms with Crippen molar-refractivity contribution in [3.05, 3.63) is 95.3 Å². The Balaban J connectivity index is 1.30. The molecular formula is C27H27N3O. The molecule has 4 heteroatoms. The first-order chi connectivity index (χ1) is 15.3. The number of aromatic nitrogens is 1. The molecular weight excluding hydrogens is 382 g/mol. The molecule has 5 atom stereocenters. The molecule has 2 saturated carbocycles. The molecule has 1 amide bonds. The van der Waals surface area contributed by atoms with Gasteiger partial charge >= 0.3 is 0 Å². The van der Waals surface area contributed by atoms with Gasteiger partial charge in [-0.2, -0.15) is 0 Å². The van der Waals surface area contributed by atoms with Crippen LogP contribution in [0.4, 0.5) is 5.69 Å².